The first-order valence-electron chi connectivity index (χ1n) is 12.0. The second kappa shape index (κ2) is 11.6. The minimum atomic E-state index is -3.73. The van der Waals surface area contributed by atoms with E-state index >= 15 is 0 Å². The Morgan fingerprint density at radius 3 is 2.47 bits per heavy atom. The Balaban J connectivity index is 0.00000336. The van der Waals surface area contributed by atoms with Gasteiger partial charge in [0.1, 0.15) is 5.52 Å². The van der Waals surface area contributed by atoms with Crippen LogP contribution in [0.3, 0.4) is 0 Å². The molecule has 1 aromatic heterocycles. The van der Waals surface area contributed by atoms with E-state index < -0.39 is 10.0 Å². The average molecular weight is 591 g/mol. The molecule has 1 aliphatic rings. The van der Waals surface area contributed by atoms with Crippen LogP contribution < -0.4 is 21.6 Å². The van der Waals surface area contributed by atoms with Gasteiger partial charge in [-0.3, -0.25) is 14.0 Å². The highest BCUT2D eigenvalue weighted by molar-refractivity contribution is 7.92. The zero-order valence-corrected chi connectivity index (χ0v) is 24.1. The third kappa shape index (κ3) is 5.53. The number of halogens is 2. The van der Waals surface area contributed by atoms with Gasteiger partial charge in [0, 0.05) is 18.7 Å². The lowest BCUT2D eigenvalue weighted by molar-refractivity contribution is -0.0000172. The predicted molar refractivity (Wildman–Crippen MR) is 151 cm³/mol. The molecule has 0 N–H and O–H groups in total. The second-order valence-electron chi connectivity index (χ2n) is 9.18. The Kier molecular flexibility index (Phi) is 8.64. The van der Waals surface area contributed by atoms with Crippen LogP contribution in [0.1, 0.15) is 22.3 Å². The third-order valence-corrected chi connectivity index (χ3v) is 9.53. The maximum Gasteiger partial charge on any atom is 0.264 e. The lowest BCUT2D eigenvalue weighted by Gasteiger charge is -2.22. The molecule has 0 fully saturated rings. The summed E-state index contributed by atoms with van der Waals surface area (Å²) < 4.78 is 29.1. The van der Waals surface area contributed by atoms with E-state index in [0.717, 1.165) is 23.2 Å². The van der Waals surface area contributed by atoms with E-state index in [1.165, 1.54) is 27.8 Å². The Hall–Kier alpha value is -2.69. The van der Waals surface area contributed by atoms with Gasteiger partial charge in [-0.15, -0.1) is 0 Å². The molecule has 0 unspecified atom stereocenters. The fourth-order valence-corrected chi connectivity index (χ4v) is 7.25. The van der Waals surface area contributed by atoms with E-state index in [0.29, 0.717) is 46.4 Å². The second-order valence-corrected chi connectivity index (χ2v) is 12.5. The van der Waals surface area contributed by atoms with E-state index in [9.17, 15) is 13.2 Å². The van der Waals surface area contributed by atoms with Crippen LogP contribution in [0.4, 0.5) is 10.8 Å². The number of nitrogens with zero attached hydrogens (tertiary/aromatic N) is 4. The highest BCUT2D eigenvalue weighted by atomic mass is 35.5. The van der Waals surface area contributed by atoms with Crippen LogP contribution in [0.15, 0.2) is 71.6 Å². The number of hydrogen-bond acceptors (Lipinski definition) is 6. The molecule has 7 nitrogen and oxygen atoms in total. The van der Waals surface area contributed by atoms with E-state index in [4.69, 9.17) is 11.6 Å². The van der Waals surface area contributed by atoms with Crippen molar-refractivity contribution in [3.63, 3.8) is 0 Å². The maximum absolute atomic E-state index is 13.6. The van der Waals surface area contributed by atoms with Crippen LogP contribution >= 0.6 is 22.9 Å². The Morgan fingerprint density at radius 1 is 1.03 bits per heavy atom. The van der Waals surface area contributed by atoms with Crippen molar-refractivity contribution in [3.05, 3.63) is 82.9 Å². The number of fused-ring (bicyclic) bond motifs is 2. The Bertz CT molecular complexity index is 1560. The summed E-state index contributed by atoms with van der Waals surface area (Å²) in [5.41, 5.74) is 2.80. The van der Waals surface area contributed by atoms with Gasteiger partial charge in [-0.1, -0.05) is 47.2 Å². The maximum atomic E-state index is 13.6. The van der Waals surface area contributed by atoms with Gasteiger partial charge in [0.25, 0.3) is 15.9 Å². The number of benzene rings is 3. The van der Waals surface area contributed by atoms with Gasteiger partial charge in [-0.25, -0.2) is 13.4 Å². The fourth-order valence-electron chi connectivity index (χ4n) is 4.46. The van der Waals surface area contributed by atoms with Gasteiger partial charge < -0.3 is 17.3 Å². The summed E-state index contributed by atoms with van der Waals surface area (Å²) in [5, 5.41) is 1.11. The molecule has 4 aromatic rings. The van der Waals surface area contributed by atoms with Crippen molar-refractivity contribution >= 4 is 59.9 Å². The number of rotatable bonds is 8. The summed E-state index contributed by atoms with van der Waals surface area (Å²) >= 11 is 7.75. The molecule has 5 rings (SSSR count). The normalized spacial score (nSPS) is 13.0. The number of sulfonamides is 1. The summed E-state index contributed by atoms with van der Waals surface area (Å²) in [5.74, 6) is -0.232. The summed E-state index contributed by atoms with van der Waals surface area (Å²) in [6.07, 6.45) is 1.43. The molecule has 38 heavy (non-hydrogen) atoms. The van der Waals surface area contributed by atoms with Gasteiger partial charge in [-0.05, 0) is 81.5 Å². The summed E-state index contributed by atoms with van der Waals surface area (Å²) in [7, 11) is 0.240. The van der Waals surface area contributed by atoms with Crippen LogP contribution in [-0.2, 0) is 16.4 Å². The zero-order valence-electron chi connectivity index (χ0n) is 21.0. The molecule has 0 radical (unpaired) electrons. The quantitative estimate of drug-likeness (QED) is 0.315. The van der Waals surface area contributed by atoms with Gasteiger partial charge in [0.2, 0.25) is 0 Å². The van der Waals surface area contributed by atoms with Crippen molar-refractivity contribution in [2.75, 3.05) is 42.9 Å². The number of thiazole rings is 1. The summed E-state index contributed by atoms with van der Waals surface area (Å²) in [4.78, 5) is 22.2. The number of para-hydroxylation sites is 2. The smallest absolute Gasteiger partial charge is 0.264 e. The molecule has 3 aromatic carbocycles. The first kappa shape index (κ1) is 28.3. The molecule has 1 aliphatic heterocycles. The standard InChI is InChI=1S/C27H27ClN4O3S2.ClH/c1-30(2)16-6-17-31(27-29-25-22(28)8-5-10-24(25)36-27)26(33)20-11-13-21(14-12-20)37(34,35)32-18-15-19-7-3-4-9-23(19)32;/h3-5,7-14H,6,15-18H2,1-2H3;1H/p-1. The fraction of sp³-hybridized carbons (Fsp3) is 0.259. The number of amides is 1. The van der Waals surface area contributed by atoms with E-state index in [1.807, 2.05) is 50.5 Å². The van der Waals surface area contributed by atoms with E-state index in [2.05, 4.69) is 9.88 Å². The molecule has 0 saturated carbocycles. The van der Waals surface area contributed by atoms with Crippen LogP contribution in [0, 0.1) is 0 Å². The minimum Gasteiger partial charge on any atom is -1.00 e. The lowest BCUT2D eigenvalue weighted by atomic mass is 10.2. The molecular weight excluding hydrogens is 563 g/mol. The highest BCUT2D eigenvalue weighted by Crippen LogP contribution is 2.35. The average Bonchev–Trinajstić information content (AvgIpc) is 3.52. The molecule has 0 spiro atoms. The van der Waals surface area contributed by atoms with E-state index in [-0.39, 0.29) is 23.2 Å². The first-order chi connectivity index (χ1) is 17.8. The molecule has 0 aliphatic carbocycles. The first-order valence-corrected chi connectivity index (χ1v) is 14.6. The highest BCUT2D eigenvalue weighted by Gasteiger charge is 2.31. The Morgan fingerprint density at radius 2 is 1.76 bits per heavy atom. The summed E-state index contributed by atoms with van der Waals surface area (Å²) in [6, 6.07) is 19.3. The van der Waals surface area contributed by atoms with Crippen LogP contribution in [0.5, 0.6) is 0 Å². The third-order valence-electron chi connectivity index (χ3n) is 6.36. The molecule has 0 atom stereocenters. The number of anilines is 2. The number of carbonyl (C=O) groups is 1. The molecule has 0 saturated heterocycles. The lowest BCUT2D eigenvalue weighted by Crippen LogP contribution is -3.00. The van der Waals surface area contributed by atoms with Gasteiger partial charge in [-0.2, -0.15) is 0 Å². The SMILES string of the molecule is CN(C)CCCN(C(=O)c1ccc(S(=O)(=O)N2CCc3ccccc32)cc1)c1nc2c(Cl)cccc2s1.[Cl-]. The van der Waals surface area contributed by atoms with Gasteiger partial charge in [0.15, 0.2) is 5.13 Å². The van der Waals surface area contributed by atoms with Crippen molar-refractivity contribution in [2.24, 2.45) is 0 Å². The van der Waals surface area contributed by atoms with Crippen molar-refractivity contribution in [1.29, 1.82) is 0 Å². The zero-order chi connectivity index (χ0) is 26.2. The monoisotopic (exact) mass is 589 g/mol. The van der Waals surface area contributed by atoms with Gasteiger partial charge in [0.05, 0.1) is 20.3 Å². The topological polar surface area (TPSA) is 73.8 Å². The van der Waals surface area contributed by atoms with Crippen molar-refractivity contribution in [3.8, 4) is 0 Å². The van der Waals surface area contributed by atoms with Crippen LogP contribution in [-0.4, -0.2) is 57.9 Å². The number of carbonyl (C=O) groups excluding carboxylic acids is 1. The van der Waals surface area contributed by atoms with Crippen molar-refractivity contribution in [1.82, 2.24) is 9.88 Å². The Labute approximate surface area is 238 Å². The van der Waals surface area contributed by atoms with E-state index in [1.54, 1.807) is 23.1 Å². The number of hydrogen-bond donors (Lipinski definition) is 0. The predicted octanol–water partition coefficient (Wildman–Crippen LogP) is 2.30. The molecule has 0 bridgehead atoms. The molecule has 2 heterocycles. The molecule has 200 valence electrons. The van der Waals surface area contributed by atoms with Crippen molar-refractivity contribution < 1.29 is 25.6 Å². The molecule has 1 amide bonds. The minimum absolute atomic E-state index is 0. The largest absolute Gasteiger partial charge is 1.00 e. The summed E-state index contributed by atoms with van der Waals surface area (Å²) in [6.45, 7) is 1.69. The van der Waals surface area contributed by atoms with Gasteiger partial charge >= 0.3 is 0 Å². The molecular formula is C27H27Cl2N4O3S2-. The molecule has 11 heteroatoms. The van der Waals surface area contributed by atoms with Crippen LogP contribution in [0.2, 0.25) is 5.02 Å². The number of aromatic nitrogens is 1. The van der Waals surface area contributed by atoms with Crippen molar-refractivity contribution in [2.45, 2.75) is 17.7 Å². The van der Waals surface area contributed by atoms with Crippen LogP contribution in [0.25, 0.3) is 10.2 Å².